The van der Waals surface area contributed by atoms with Crippen molar-refractivity contribution in [3.8, 4) is 0 Å². The smallest absolute Gasteiger partial charge is 0.224 e. The molecule has 0 bridgehead atoms. The first kappa shape index (κ1) is 15.0. The molecular weight excluding hydrogens is 252 g/mol. The lowest BCUT2D eigenvalue weighted by molar-refractivity contribution is -0.116. The predicted molar refractivity (Wildman–Crippen MR) is 80.5 cm³/mol. The minimum atomic E-state index is 0.0192. The molecule has 110 valence electrons. The average molecular weight is 276 g/mol. The van der Waals surface area contributed by atoms with Crippen LogP contribution in [0.15, 0.2) is 24.3 Å². The van der Waals surface area contributed by atoms with Crippen molar-refractivity contribution in [2.45, 2.75) is 38.6 Å². The van der Waals surface area contributed by atoms with Gasteiger partial charge in [-0.1, -0.05) is 12.1 Å². The number of nitrogens with one attached hydrogen (secondary N) is 1. The van der Waals surface area contributed by atoms with Crippen LogP contribution in [0.5, 0.6) is 0 Å². The van der Waals surface area contributed by atoms with Gasteiger partial charge in [0, 0.05) is 25.3 Å². The quantitative estimate of drug-likeness (QED) is 0.752. The number of carbonyl (C=O) groups excluding carboxylic acids is 1. The summed E-state index contributed by atoms with van der Waals surface area (Å²) in [6.45, 7) is 3.55. The van der Waals surface area contributed by atoms with Crippen LogP contribution < -0.4 is 5.32 Å². The van der Waals surface area contributed by atoms with Gasteiger partial charge < -0.3 is 10.4 Å². The van der Waals surface area contributed by atoms with E-state index < -0.39 is 0 Å². The highest BCUT2D eigenvalue weighted by Crippen LogP contribution is 2.15. The van der Waals surface area contributed by atoms with E-state index in [1.54, 1.807) is 0 Å². The number of hydrogen-bond donors (Lipinski definition) is 2. The summed E-state index contributed by atoms with van der Waals surface area (Å²) in [6.07, 6.45) is 4.50. The van der Waals surface area contributed by atoms with Gasteiger partial charge in [-0.3, -0.25) is 9.69 Å². The summed E-state index contributed by atoms with van der Waals surface area (Å²) in [5, 5.41) is 11.6. The molecule has 0 radical (unpaired) electrons. The van der Waals surface area contributed by atoms with Crippen LogP contribution in [0, 0.1) is 0 Å². The first-order chi connectivity index (χ1) is 9.78. The van der Waals surface area contributed by atoms with Crippen molar-refractivity contribution in [3.63, 3.8) is 0 Å². The Morgan fingerprint density at radius 2 is 1.85 bits per heavy atom. The number of benzene rings is 1. The third-order valence-electron chi connectivity index (χ3n) is 3.65. The molecule has 4 nitrogen and oxygen atoms in total. The topological polar surface area (TPSA) is 52.6 Å². The molecule has 0 saturated carbocycles. The van der Waals surface area contributed by atoms with E-state index >= 15 is 0 Å². The van der Waals surface area contributed by atoms with Gasteiger partial charge in [-0.15, -0.1) is 0 Å². The van der Waals surface area contributed by atoms with Crippen LogP contribution in [-0.2, 0) is 11.3 Å². The normalized spacial score (nSPS) is 15.4. The van der Waals surface area contributed by atoms with E-state index in [0.29, 0.717) is 12.8 Å². The van der Waals surface area contributed by atoms with Crippen LogP contribution >= 0.6 is 0 Å². The van der Waals surface area contributed by atoms with Crippen LogP contribution in [0.25, 0.3) is 0 Å². The largest absolute Gasteiger partial charge is 0.396 e. The van der Waals surface area contributed by atoms with Gasteiger partial charge in [-0.05, 0) is 56.5 Å². The minimum Gasteiger partial charge on any atom is -0.396 e. The molecule has 1 saturated heterocycles. The summed E-state index contributed by atoms with van der Waals surface area (Å²) >= 11 is 0. The summed E-state index contributed by atoms with van der Waals surface area (Å²) in [5.74, 6) is 0.0192. The van der Waals surface area contributed by atoms with Gasteiger partial charge in [0.05, 0.1) is 0 Å². The first-order valence-corrected chi connectivity index (χ1v) is 7.50. The van der Waals surface area contributed by atoms with Crippen LogP contribution in [-0.4, -0.2) is 35.6 Å². The molecule has 1 aliphatic rings. The molecule has 4 heteroatoms. The molecule has 0 aromatic heterocycles. The van der Waals surface area contributed by atoms with Crippen molar-refractivity contribution in [1.29, 1.82) is 0 Å². The second kappa shape index (κ2) is 8.02. The van der Waals surface area contributed by atoms with E-state index in [0.717, 1.165) is 18.7 Å². The van der Waals surface area contributed by atoms with Gasteiger partial charge in [0.25, 0.3) is 0 Å². The maximum Gasteiger partial charge on any atom is 0.224 e. The van der Waals surface area contributed by atoms with Crippen LogP contribution in [0.2, 0.25) is 0 Å². The lowest BCUT2D eigenvalue weighted by Gasteiger charge is -2.14. The molecular formula is C16H24N2O2. The molecule has 2 N–H and O–H groups in total. The van der Waals surface area contributed by atoms with Crippen LogP contribution in [0.3, 0.4) is 0 Å². The zero-order valence-corrected chi connectivity index (χ0v) is 12.0. The number of anilines is 1. The first-order valence-electron chi connectivity index (χ1n) is 7.50. The highest BCUT2D eigenvalue weighted by atomic mass is 16.2. The molecule has 1 aromatic carbocycles. The van der Waals surface area contributed by atoms with Crippen molar-refractivity contribution >= 4 is 11.6 Å². The van der Waals surface area contributed by atoms with E-state index in [2.05, 4.69) is 22.3 Å². The standard InChI is InChI=1S/C16H24N2O2/c19-12-4-1-5-16(20)17-15-8-6-14(7-9-15)13-18-10-2-3-11-18/h6-9,19H,1-5,10-13H2,(H,17,20). The van der Waals surface area contributed by atoms with Crippen molar-refractivity contribution in [2.75, 3.05) is 25.0 Å². The number of rotatable bonds is 7. The van der Waals surface area contributed by atoms with Crippen LogP contribution in [0.1, 0.15) is 37.7 Å². The zero-order chi connectivity index (χ0) is 14.2. The third kappa shape index (κ3) is 4.94. The number of aliphatic hydroxyl groups is 1. The van der Waals surface area contributed by atoms with Gasteiger partial charge >= 0.3 is 0 Å². The molecule has 1 aromatic rings. The Hall–Kier alpha value is -1.39. The minimum absolute atomic E-state index is 0.0192. The second-order valence-electron chi connectivity index (χ2n) is 5.41. The fourth-order valence-corrected chi connectivity index (χ4v) is 2.51. The van der Waals surface area contributed by atoms with Gasteiger partial charge in [0.15, 0.2) is 0 Å². The summed E-state index contributed by atoms with van der Waals surface area (Å²) in [4.78, 5) is 14.1. The van der Waals surface area contributed by atoms with Crippen molar-refractivity contribution in [1.82, 2.24) is 4.90 Å². The SMILES string of the molecule is O=C(CCCCO)Nc1ccc(CN2CCCC2)cc1. The summed E-state index contributed by atoms with van der Waals surface area (Å²) in [5.41, 5.74) is 2.15. The molecule has 1 amide bonds. The number of hydrogen-bond acceptors (Lipinski definition) is 3. The summed E-state index contributed by atoms with van der Waals surface area (Å²) in [6, 6.07) is 8.11. The molecule has 20 heavy (non-hydrogen) atoms. The summed E-state index contributed by atoms with van der Waals surface area (Å²) < 4.78 is 0. The van der Waals surface area contributed by atoms with Gasteiger partial charge in [0.2, 0.25) is 5.91 Å². The Morgan fingerprint density at radius 3 is 2.50 bits per heavy atom. The van der Waals surface area contributed by atoms with E-state index in [9.17, 15) is 4.79 Å². The molecule has 0 atom stereocenters. The second-order valence-corrected chi connectivity index (χ2v) is 5.41. The molecule has 1 aliphatic heterocycles. The van der Waals surface area contributed by atoms with E-state index in [1.165, 1.54) is 31.5 Å². The number of carbonyl (C=O) groups is 1. The van der Waals surface area contributed by atoms with E-state index in [1.807, 2.05) is 12.1 Å². The van der Waals surface area contributed by atoms with Crippen LogP contribution in [0.4, 0.5) is 5.69 Å². The number of unbranched alkanes of at least 4 members (excludes halogenated alkanes) is 1. The lowest BCUT2D eigenvalue weighted by atomic mass is 10.2. The lowest BCUT2D eigenvalue weighted by Crippen LogP contribution is -2.18. The van der Waals surface area contributed by atoms with Gasteiger partial charge in [-0.25, -0.2) is 0 Å². The Kier molecular flexibility index (Phi) is 6.02. The molecule has 2 rings (SSSR count). The number of likely N-dealkylation sites (tertiary alicyclic amines) is 1. The van der Waals surface area contributed by atoms with Gasteiger partial charge in [-0.2, -0.15) is 0 Å². The highest BCUT2D eigenvalue weighted by molar-refractivity contribution is 5.90. The Bertz CT molecular complexity index is 411. The number of nitrogens with zero attached hydrogens (tertiary/aromatic N) is 1. The molecule has 0 aliphatic carbocycles. The Morgan fingerprint density at radius 1 is 1.15 bits per heavy atom. The molecule has 1 heterocycles. The molecule has 0 spiro atoms. The predicted octanol–water partition coefficient (Wildman–Crippen LogP) is 2.38. The van der Waals surface area contributed by atoms with Crippen molar-refractivity contribution in [2.24, 2.45) is 0 Å². The van der Waals surface area contributed by atoms with Crippen molar-refractivity contribution in [3.05, 3.63) is 29.8 Å². The van der Waals surface area contributed by atoms with E-state index in [-0.39, 0.29) is 12.5 Å². The maximum atomic E-state index is 11.6. The fourth-order valence-electron chi connectivity index (χ4n) is 2.51. The Balaban J connectivity index is 1.77. The molecule has 1 fully saturated rings. The summed E-state index contributed by atoms with van der Waals surface area (Å²) in [7, 11) is 0. The highest BCUT2D eigenvalue weighted by Gasteiger charge is 2.11. The maximum absolute atomic E-state index is 11.6. The van der Waals surface area contributed by atoms with Crippen molar-refractivity contribution < 1.29 is 9.90 Å². The zero-order valence-electron chi connectivity index (χ0n) is 12.0. The third-order valence-corrected chi connectivity index (χ3v) is 3.65. The fraction of sp³-hybridized carbons (Fsp3) is 0.562. The monoisotopic (exact) mass is 276 g/mol. The number of aliphatic hydroxyl groups excluding tert-OH is 1. The van der Waals surface area contributed by atoms with Gasteiger partial charge in [0.1, 0.15) is 0 Å². The van der Waals surface area contributed by atoms with E-state index in [4.69, 9.17) is 5.11 Å². The average Bonchev–Trinajstić information content (AvgIpc) is 2.94. The Labute approximate surface area is 120 Å². The molecule has 0 unspecified atom stereocenters. The number of amides is 1.